The molecular formula is C30H35Cl2N3O5S. The summed E-state index contributed by atoms with van der Waals surface area (Å²) in [4.78, 5) is 28.1. The summed E-state index contributed by atoms with van der Waals surface area (Å²) in [5.74, 6) is -0.424. The third-order valence-electron chi connectivity index (χ3n) is 6.61. The van der Waals surface area contributed by atoms with E-state index in [0.717, 1.165) is 16.1 Å². The van der Waals surface area contributed by atoms with Crippen LogP contribution in [0.15, 0.2) is 72.8 Å². The Labute approximate surface area is 252 Å². The number of rotatable bonds is 13. The van der Waals surface area contributed by atoms with E-state index < -0.39 is 28.5 Å². The van der Waals surface area contributed by atoms with E-state index >= 15 is 0 Å². The molecule has 0 spiro atoms. The molecule has 2 atom stereocenters. The Bertz CT molecular complexity index is 1420. The molecule has 0 unspecified atom stereocenters. The Balaban J connectivity index is 1.86. The summed E-state index contributed by atoms with van der Waals surface area (Å²) in [6.07, 6.45) is 1.73. The van der Waals surface area contributed by atoms with E-state index in [9.17, 15) is 18.0 Å². The van der Waals surface area contributed by atoms with Crippen LogP contribution in [0.3, 0.4) is 0 Å². The highest BCUT2D eigenvalue weighted by Gasteiger charge is 2.31. The largest absolute Gasteiger partial charge is 0.489 e. The van der Waals surface area contributed by atoms with Crippen LogP contribution in [0.1, 0.15) is 38.3 Å². The van der Waals surface area contributed by atoms with Crippen LogP contribution >= 0.6 is 23.2 Å². The number of benzene rings is 3. The number of halogens is 2. The molecule has 0 fully saturated rings. The topological polar surface area (TPSA) is 96.0 Å². The number of carbonyl (C=O) groups is 2. The molecule has 0 saturated carbocycles. The van der Waals surface area contributed by atoms with Gasteiger partial charge in [-0.2, -0.15) is 0 Å². The fourth-order valence-corrected chi connectivity index (χ4v) is 5.33. The van der Waals surface area contributed by atoms with Gasteiger partial charge in [0.05, 0.1) is 11.9 Å². The van der Waals surface area contributed by atoms with E-state index in [2.05, 4.69) is 5.32 Å². The first-order valence-electron chi connectivity index (χ1n) is 13.2. The van der Waals surface area contributed by atoms with Gasteiger partial charge in [-0.05, 0) is 62.2 Å². The molecule has 0 aliphatic carbocycles. The number of nitrogens with zero attached hydrogens (tertiary/aromatic N) is 2. The van der Waals surface area contributed by atoms with E-state index in [1.54, 1.807) is 49.4 Å². The Morgan fingerprint density at radius 1 is 0.927 bits per heavy atom. The van der Waals surface area contributed by atoms with Crippen molar-refractivity contribution < 1.29 is 22.7 Å². The van der Waals surface area contributed by atoms with Crippen molar-refractivity contribution >= 4 is 50.7 Å². The summed E-state index contributed by atoms with van der Waals surface area (Å²) in [6.45, 7) is 5.11. The van der Waals surface area contributed by atoms with Gasteiger partial charge in [-0.3, -0.25) is 13.9 Å². The van der Waals surface area contributed by atoms with Gasteiger partial charge in [-0.25, -0.2) is 8.42 Å². The summed E-state index contributed by atoms with van der Waals surface area (Å²) in [5, 5.41) is 3.54. The molecule has 11 heteroatoms. The SMILES string of the molecule is CC[C@H](C)NC(=O)[C@H](C)N(Cc1c(Cl)cccc1Cl)C(=O)CN(c1ccc(OCc2ccccc2)cc1)S(C)(=O)=O. The number of nitrogens with one attached hydrogen (secondary N) is 1. The fourth-order valence-electron chi connectivity index (χ4n) is 3.97. The number of ether oxygens (including phenoxy) is 1. The average molecular weight is 621 g/mol. The molecule has 2 amide bonds. The minimum Gasteiger partial charge on any atom is -0.489 e. The van der Waals surface area contributed by atoms with Crippen LogP contribution in [0.25, 0.3) is 0 Å². The monoisotopic (exact) mass is 619 g/mol. The van der Waals surface area contributed by atoms with Crippen LogP contribution in [0.4, 0.5) is 5.69 Å². The second-order valence-corrected chi connectivity index (χ2v) is 12.5. The van der Waals surface area contributed by atoms with Gasteiger partial charge in [-0.15, -0.1) is 0 Å². The van der Waals surface area contributed by atoms with Crippen LogP contribution in [-0.4, -0.2) is 50.0 Å². The number of carbonyl (C=O) groups excluding carboxylic acids is 2. The van der Waals surface area contributed by atoms with E-state index in [0.29, 0.717) is 34.4 Å². The molecule has 41 heavy (non-hydrogen) atoms. The normalized spacial score (nSPS) is 12.7. The predicted octanol–water partition coefficient (Wildman–Crippen LogP) is 5.67. The highest BCUT2D eigenvalue weighted by Crippen LogP contribution is 2.28. The van der Waals surface area contributed by atoms with E-state index in [1.807, 2.05) is 44.2 Å². The lowest BCUT2D eigenvalue weighted by molar-refractivity contribution is -0.139. The van der Waals surface area contributed by atoms with Crippen LogP contribution in [0.2, 0.25) is 10.0 Å². The summed E-state index contributed by atoms with van der Waals surface area (Å²) < 4.78 is 32.5. The van der Waals surface area contributed by atoms with Crippen molar-refractivity contribution in [2.75, 3.05) is 17.1 Å². The zero-order chi connectivity index (χ0) is 30.2. The summed E-state index contributed by atoms with van der Waals surface area (Å²) in [7, 11) is -3.88. The zero-order valence-corrected chi connectivity index (χ0v) is 25.8. The van der Waals surface area contributed by atoms with E-state index in [1.165, 1.54) is 4.90 Å². The maximum absolute atomic E-state index is 13.8. The van der Waals surface area contributed by atoms with Crippen molar-refractivity contribution in [1.82, 2.24) is 10.2 Å². The Morgan fingerprint density at radius 2 is 1.54 bits per heavy atom. The first-order chi connectivity index (χ1) is 19.4. The van der Waals surface area contributed by atoms with Gasteiger partial charge in [0.1, 0.15) is 24.9 Å². The second kappa shape index (κ2) is 14.6. The smallest absolute Gasteiger partial charge is 0.244 e. The predicted molar refractivity (Wildman–Crippen MR) is 164 cm³/mol. The molecule has 0 saturated heterocycles. The lowest BCUT2D eigenvalue weighted by Crippen LogP contribution is -2.52. The van der Waals surface area contributed by atoms with Crippen molar-refractivity contribution in [1.29, 1.82) is 0 Å². The summed E-state index contributed by atoms with van der Waals surface area (Å²) in [6, 6.07) is 20.0. The fraction of sp³-hybridized carbons (Fsp3) is 0.333. The van der Waals surface area contributed by atoms with Gasteiger partial charge in [0, 0.05) is 28.2 Å². The third-order valence-corrected chi connectivity index (χ3v) is 8.46. The van der Waals surface area contributed by atoms with Crippen molar-refractivity contribution in [3.05, 3.63) is 94.0 Å². The van der Waals surface area contributed by atoms with Crippen molar-refractivity contribution in [3.8, 4) is 5.75 Å². The molecule has 0 aliphatic heterocycles. The molecule has 0 radical (unpaired) electrons. The summed E-state index contributed by atoms with van der Waals surface area (Å²) >= 11 is 12.8. The Morgan fingerprint density at radius 3 is 2.10 bits per heavy atom. The minimum atomic E-state index is -3.88. The molecule has 0 aromatic heterocycles. The zero-order valence-electron chi connectivity index (χ0n) is 23.5. The van der Waals surface area contributed by atoms with Gasteiger partial charge in [-0.1, -0.05) is 66.5 Å². The number of sulfonamides is 1. The average Bonchev–Trinajstić information content (AvgIpc) is 2.94. The molecule has 0 aliphatic rings. The quantitative estimate of drug-likeness (QED) is 0.266. The number of anilines is 1. The highest BCUT2D eigenvalue weighted by atomic mass is 35.5. The van der Waals surface area contributed by atoms with Crippen molar-refractivity contribution in [2.45, 2.75) is 52.4 Å². The highest BCUT2D eigenvalue weighted by molar-refractivity contribution is 7.92. The minimum absolute atomic E-state index is 0.0870. The molecule has 0 heterocycles. The van der Waals surface area contributed by atoms with Crippen LogP contribution in [-0.2, 0) is 32.8 Å². The van der Waals surface area contributed by atoms with Gasteiger partial charge in [0.25, 0.3) is 0 Å². The lowest BCUT2D eigenvalue weighted by Gasteiger charge is -2.32. The summed E-state index contributed by atoms with van der Waals surface area (Å²) in [5.41, 5.74) is 1.73. The van der Waals surface area contributed by atoms with E-state index in [4.69, 9.17) is 27.9 Å². The maximum atomic E-state index is 13.8. The Kier molecular flexibility index (Phi) is 11.5. The van der Waals surface area contributed by atoms with Gasteiger partial charge in [0.15, 0.2) is 0 Å². The number of hydrogen-bond acceptors (Lipinski definition) is 5. The van der Waals surface area contributed by atoms with Crippen LogP contribution < -0.4 is 14.4 Å². The lowest BCUT2D eigenvalue weighted by atomic mass is 10.1. The first kappa shape index (κ1) is 32.2. The second-order valence-electron chi connectivity index (χ2n) is 9.75. The van der Waals surface area contributed by atoms with Gasteiger partial charge < -0.3 is 15.0 Å². The van der Waals surface area contributed by atoms with Crippen molar-refractivity contribution in [2.24, 2.45) is 0 Å². The van der Waals surface area contributed by atoms with Crippen molar-refractivity contribution in [3.63, 3.8) is 0 Å². The third kappa shape index (κ3) is 9.11. The molecule has 3 rings (SSSR count). The standard InChI is InChI=1S/C30H35Cl2N3O5S/c1-5-21(2)33-30(37)22(3)34(18-26-27(31)12-9-13-28(26)32)29(36)19-35(41(4,38)39)24-14-16-25(17-15-24)40-20-23-10-7-6-8-11-23/h6-17,21-22H,5,18-20H2,1-4H3,(H,33,37)/t21-,22-/m0/s1. The van der Waals surface area contributed by atoms with Crippen LogP contribution in [0.5, 0.6) is 5.75 Å². The van der Waals surface area contributed by atoms with E-state index in [-0.39, 0.29) is 24.2 Å². The van der Waals surface area contributed by atoms with Gasteiger partial charge in [0.2, 0.25) is 21.8 Å². The number of hydrogen-bond donors (Lipinski definition) is 1. The molecule has 1 N–H and O–H groups in total. The Hall–Kier alpha value is -3.27. The molecule has 0 bridgehead atoms. The molecule has 220 valence electrons. The first-order valence-corrected chi connectivity index (χ1v) is 15.8. The molecule has 3 aromatic carbocycles. The maximum Gasteiger partial charge on any atom is 0.244 e. The molecule has 3 aromatic rings. The van der Waals surface area contributed by atoms with Crippen LogP contribution in [0, 0.1) is 0 Å². The number of amides is 2. The molecule has 8 nitrogen and oxygen atoms in total. The molecular weight excluding hydrogens is 585 g/mol. The van der Waals surface area contributed by atoms with Gasteiger partial charge >= 0.3 is 0 Å².